The first kappa shape index (κ1) is 88.8. The van der Waals surface area contributed by atoms with Crippen LogP contribution in [0.3, 0.4) is 0 Å². The van der Waals surface area contributed by atoms with Crippen LogP contribution in [-0.4, -0.2) is 72.3 Å². The van der Waals surface area contributed by atoms with E-state index < -0.39 is 26.6 Å². The molecule has 12 aromatic rings. The van der Waals surface area contributed by atoms with Crippen molar-refractivity contribution in [1.29, 1.82) is 0 Å². The van der Waals surface area contributed by atoms with Crippen molar-refractivity contribution in [3.63, 3.8) is 0 Å². The van der Waals surface area contributed by atoms with Crippen LogP contribution in [0.2, 0.25) is 10.0 Å². The number of fused-ring (bicyclic) bond motifs is 4. The van der Waals surface area contributed by atoms with Crippen LogP contribution in [0.5, 0.6) is 23.0 Å². The monoisotopic (exact) mass is 1830 g/mol. The van der Waals surface area contributed by atoms with Gasteiger partial charge in [-0.3, -0.25) is 0 Å². The van der Waals surface area contributed by atoms with Crippen LogP contribution < -0.4 is 18.9 Å². The van der Waals surface area contributed by atoms with E-state index in [4.69, 9.17) is 58.1 Å². The van der Waals surface area contributed by atoms with Gasteiger partial charge in [-0.25, -0.2) is 0 Å². The molecule has 0 N–H and O–H groups in total. The predicted octanol–water partition coefficient (Wildman–Crippen LogP) is 32.1. The van der Waals surface area contributed by atoms with E-state index >= 15 is 8.78 Å². The summed E-state index contributed by atoms with van der Waals surface area (Å²) in [4.78, 5) is 9.95. The molecular formula is C94H118Cl2F2N4O4S6Se2. The Hall–Kier alpha value is -4.52. The summed E-state index contributed by atoms with van der Waals surface area (Å²) in [6, 6.07) is 20.0. The zero-order chi connectivity index (χ0) is 80.7. The topological polar surface area (TPSA) is 88.5 Å². The van der Waals surface area contributed by atoms with Crippen molar-refractivity contribution >= 4 is 163 Å². The molecule has 12 rings (SSSR count). The minimum atomic E-state index is -0.523. The van der Waals surface area contributed by atoms with Gasteiger partial charge >= 0.3 is 652 Å². The van der Waals surface area contributed by atoms with Crippen molar-refractivity contribution in [1.82, 2.24) is 15.9 Å². The molecule has 0 radical (unpaired) electrons. The van der Waals surface area contributed by atoms with Gasteiger partial charge in [-0.15, -0.1) is 0 Å². The second-order valence-electron chi connectivity index (χ2n) is 31.7. The van der Waals surface area contributed by atoms with Gasteiger partial charge in [0.15, 0.2) is 0 Å². The number of nitrogens with zero attached hydrogens (tertiary/aromatic N) is 4. The zero-order valence-corrected chi connectivity index (χ0v) is 79.5. The molecule has 6 unspecified atom stereocenters. The maximum atomic E-state index is 17.7. The van der Waals surface area contributed by atoms with E-state index in [2.05, 4.69) is 121 Å². The van der Waals surface area contributed by atoms with Gasteiger partial charge in [-0.1, -0.05) is 79.1 Å². The fourth-order valence-electron chi connectivity index (χ4n) is 16.1. The van der Waals surface area contributed by atoms with E-state index in [0.29, 0.717) is 82.9 Å². The first-order valence-electron chi connectivity index (χ1n) is 42.9. The van der Waals surface area contributed by atoms with Gasteiger partial charge in [0.05, 0.1) is 0 Å². The maximum absolute atomic E-state index is 17.7. The molecule has 8 nitrogen and oxygen atoms in total. The van der Waals surface area contributed by atoms with Crippen LogP contribution in [-0.2, 0) is 12.8 Å². The van der Waals surface area contributed by atoms with Gasteiger partial charge in [-0.2, -0.15) is 0 Å². The molecule has 20 heteroatoms. The van der Waals surface area contributed by atoms with E-state index in [1.54, 1.807) is 11.3 Å². The molecule has 0 aliphatic rings. The van der Waals surface area contributed by atoms with Crippen LogP contribution in [0.4, 0.5) is 8.78 Å². The Bertz CT molecular complexity index is 5020. The quantitative estimate of drug-likeness (QED) is 0.0349. The van der Waals surface area contributed by atoms with E-state index in [1.165, 1.54) is 124 Å². The van der Waals surface area contributed by atoms with E-state index in [9.17, 15) is 0 Å². The third-order valence-corrected chi connectivity index (χ3v) is 33.6. The number of hydrogen-bond acceptors (Lipinski definition) is 14. The first-order valence-corrected chi connectivity index (χ1v) is 51.6. The number of thiophene rings is 6. The summed E-state index contributed by atoms with van der Waals surface area (Å²) in [7, 11) is 0. The average Bonchev–Trinajstić information content (AvgIpc) is 1.53. The van der Waals surface area contributed by atoms with Crippen LogP contribution >= 0.6 is 91.2 Å². The van der Waals surface area contributed by atoms with Crippen molar-refractivity contribution < 1.29 is 27.7 Å². The molecular weight excluding hydrogens is 1710 g/mol. The molecule has 8 aromatic heterocycles. The Kier molecular flexibility index (Phi) is 33.2. The van der Waals surface area contributed by atoms with Crippen molar-refractivity contribution in [3.8, 4) is 96.1 Å². The Morgan fingerprint density at radius 1 is 0.351 bits per heavy atom. The van der Waals surface area contributed by atoms with Crippen molar-refractivity contribution in [2.45, 2.75) is 264 Å². The molecule has 0 bridgehead atoms. The molecule has 614 valence electrons. The number of hydrogen-bond donors (Lipinski definition) is 0. The molecule has 0 fully saturated rings. The van der Waals surface area contributed by atoms with E-state index in [-0.39, 0.29) is 37.9 Å². The molecule has 0 aliphatic carbocycles. The third-order valence-electron chi connectivity index (χ3n) is 23.7. The number of rotatable bonds is 47. The normalized spacial score (nSPS) is 13.7. The Labute approximate surface area is 724 Å². The Morgan fingerprint density at radius 3 is 1.07 bits per heavy atom. The molecule has 0 amide bonds. The fourth-order valence-corrected chi connectivity index (χ4v) is 26.4. The molecule has 0 saturated carbocycles. The average molecular weight is 1830 g/mol. The molecule has 4 aromatic carbocycles. The van der Waals surface area contributed by atoms with Crippen LogP contribution in [0, 0.1) is 61.0 Å². The van der Waals surface area contributed by atoms with E-state index in [0.717, 1.165) is 203 Å². The number of halogens is 4. The standard InChI is InChI=1S/C94H118Cl2F2N4O4S6Se2/c1-15-27-33-57(21-7)44-75-67(95)49-78(110-75)80-65-43-55(13)107-93(65)81(79-50-68(96)76(111-79)45-58(22-8)34-28-16-2)66-48-77(112-94(66)80)84-88-87(101-114-102-88)83(91(105-53-61(25-11)37-31-19-5)92(84)106-54-62(26-12)38-32-20-6)74-42-40-72(109-74)64-47-69(97)63(46-70(64)98)71-39-41-73(108-71)82-86-85(99-113-100-86)56(14)89(103-51-59(23-9)35-29-17-3)90(82)104-52-60(24-10)36-30-18-4/h39-43,46-50,57-62H,15-38,44-45,51-54H2,1-14H3. The number of benzene rings is 4. The van der Waals surface area contributed by atoms with Crippen LogP contribution in [0.15, 0.2) is 60.7 Å². The van der Waals surface area contributed by atoms with Gasteiger partial charge in [-0.05, 0) is 0 Å². The fraction of sp³-hybridized carbons (Fsp3) is 0.532. The van der Waals surface area contributed by atoms with Gasteiger partial charge in [0.25, 0.3) is 0 Å². The molecule has 0 spiro atoms. The first-order chi connectivity index (χ1) is 55.5. The molecule has 0 aliphatic heterocycles. The zero-order valence-electron chi connectivity index (χ0n) is 69.7. The van der Waals surface area contributed by atoms with Gasteiger partial charge in [0, 0.05) is 0 Å². The molecule has 114 heavy (non-hydrogen) atoms. The number of ether oxygens (including phenoxy) is 4. The summed E-state index contributed by atoms with van der Waals surface area (Å²) in [5.41, 5.74) is 9.31. The Balaban J connectivity index is 1.02. The Morgan fingerprint density at radius 2 is 0.675 bits per heavy atom. The SMILES string of the molecule is CCCCC(CC)COc1c(OCC(CC)CCCC)c(-c2ccc(-c3cc(F)c(-c4ccc(-c5c(OCC(CC)CCCC)c(OCC(CC)CCCC)c(-c6cc7c(-c8cc(Cl)c(CC(CC)CCCC)s8)c8sc(C)cc8c(-c8cc(Cl)c(CC(CC)CCCC)s8)c7s6)c6n[se]nc56)s4)cc3F)s2)c2n[se]nc2c1C. The van der Waals surface area contributed by atoms with Crippen molar-refractivity contribution in [2.75, 3.05) is 26.4 Å². The summed E-state index contributed by atoms with van der Waals surface area (Å²) in [5.74, 6) is 4.01. The number of aromatic nitrogens is 4. The van der Waals surface area contributed by atoms with Gasteiger partial charge < -0.3 is 0 Å². The van der Waals surface area contributed by atoms with E-state index in [1.807, 2.05) is 58.3 Å². The predicted molar refractivity (Wildman–Crippen MR) is 495 cm³/mol. The summed E-state index contributed by atoms with van der Waals surface area (Å²) < 4.78 is 87.9. The van der Waals surface area contributed by atoms with Gasteiger partial charge in [0.1, 0.15) is 0 Å². The third kappa shape index (κ3) is 20.2. The van der Waals surface area contributed by atoms with Crippen LogP contribution in [0.25, 0.3) is 115 Å². The molecule has 8 heterocycles. The minimum absolute atomic E-state index is 0.178. The van der Waals surface area contributed by atoms with Crippen molar-refractivity contribution in [3.05, 3.63) is 103 Å². The van der Waals surface area contributed by atoms with Crippen LogP contribution in [0.1, 0.15) is 257 Å². The summed E-state index contributed by atoms with van der Waals surface area (Å²) >= 11 is 24.4. The number of unbranched alkanes of at least 4 members (excludes halogenated alkanes) is 6. The molecule has 6 atom stereocenters. The molecule has 0 saturated heterocycles. The van der Waals surface area contributed by atoms with Crippen molar-refractivity contribution in [2.24, 2.45) is 35.5 Å². The summed E-state index contributed by atoms with van der Waals surface area (Å²) in [6.45, 7) is 33.6. The second kappa shape index (κ2) is 42.6. The summed E-state index contributed by atoms with van der Waals surface area (Å²) in [6.07, 6.45) is 28.2. The van der Waals surface area contributed by atoms with Gasteiger partial charge in [0.2, 0.25) is 0 Å². The number of aryl methyl sites for hydroxylation is 2. The summed E-state index contributed by atoms with van der Waals surface area (Å²) in [5, 5.41) is 4.07. The second-order valence-corrected chi connectivity index (χ2v) is 41.5.